The number of alkyl halides is 3. The monoisotopic (exact) mass is 474 g/mol. The molecule has 1 aliphatic carbocycles. The number of carbonyl (C=O) groups is 2. The standard InChI is InChI=1S/C15H19F3N2O2.C7H12O2.C2H6/c1-12(15(16,17)18)22-14(21)20-9-7-19(8-10-20)11-13-5-3-2-4-6-13;1-7(6(8)9)4-2-3-5-7;1-2/h2-6,12H,7-11H2,1H3;2-5H2,1H3,(H,8,9);1-2H3. The Morgan fingerprint density at radius 3 is 2.00 bits per heavy atom. The van der Waals surface area contributed by atoms with Gasteiger partial charge >= 0.3 is 18.2 Å². The van der Waals surface area contributed by atoms with E-state index in [1.54, 1.807) is 0 Å². The highest BCUT2D eigenvalue weighted by Gasteiger charge is 2.40. The van der Waals surface area contributed by atoms with Crippen molar-refractivity contribution in [2.75, 3.05) is 26.2 Å². The molecule has 0 aromatic heterocycles. The van der Waals surface area contributed by atoms with Crippen molar-refractivity contribution in [1.82, 2.24) is 9.80 Å². The quantitative estimate of drug-likeness (QED) is 0.618. The molecule has 1 amide bonds. The fraction of sp³-hybridized carbons (Fsp3) is 0.667. The van der Waals surface area contributed by atoms with E-state index in [4.69, 9.17) is 5.11 Å². The fourth-order valence-electron chi connectivity index (χ4n) is 3.59. The maximum absolute atomic E-state index is 12.4. The van der Waals surface area contributed by atoms with Gasteiger partial charge in [-0.25, -0.2) is 4.79 Å². The molecule has 33 heavy (non-hydrogen) atoms. The summed E-state index contributed by atoms with van der Waals surface area (Å²) in [5, 5.41) is 8.67. The largest absolute Gasteiger partial charge is 0.481 e. The van der Waals surface area contributed by atoms with Crippen LogP contribution in [0.3, 0.4) is 0 Å². The van der Waals surface area contributed by atoms with Gasteiger partial charge in [0.1, 0.15) is 0 Å². The molecule has 1 aliphatic heterocycles. The molecule has 1 aromatic carbocycles. The number of amides is 1. The third-order valence-corrected chi connectivity index (χ3v) is 5.84. The van der Waals surface area contributed by atoms with Crippen LogP contribution in [-0.4, -0.2) is 65.4 Å². The Morgan fingerprint density at radius 1 is 1.06 bits per heavy atom. The number of hydrogen-bond acceptors (Lipinski definition) is 4. The molecule has 0 radical (unpaired) electrons. The van der Waals surface area contributed by atoms with Crippen molar-refractivity contribution in [3.05, 3.63) is 35.9 Å². The Kier molecular flexibility index (Phi) is 11.7. The predicted octanol–water partition coefficient (Wildman–Crippen LogP) is 5.57. The van der Waals surface area contributed by atoms with Gasteiger partial charge in [0.05, 0.1) is 5.41 Å². The lowest BCUT2D eigenvalue weighted by molar-refractivity contribution is -0.200. The summed E-state index contributed by atoms with van der Waals surface area (Å²) in [6, 6.07) is 9.90. The number of aliphatic carboxylic acids is 1. The van der Waals surface area contributed by atoms with Crippen LogP contribution < -0.4 is 0 Å². The average molecular weight is 475 g/mol. The first-order valence-corrected chi connectivity index (χ1v) is 11.5. The van der Waals surface area contributed by atoms with Crippen molar-refractivity contribution in [2.45, 2.75) is 72.2 Å². The molecular formula is C24H37F3N2O4. The van der Waals surface area contributed by atoms with E-state index >= 15 is 0 Å². The van der Waals surface area contributed by atoms with Crippen molar-refractivity contribution in [3.8, 4) is 0 Å². The lowest BCUT2D eigenvalue weighted by Crippen LogP contribution is -2.49. The van der Waals surface area contributed by atoms with Crippen LogP contribution in [0.15, 0.2) is 30.3 Å². The third kappa shape index (κ3) is 9.61. The lowest BCUT2D eigenvalue weighted by Gasteiger charge is -2.34. The number of nitrogens with zero attached hydrogens (tertiary/aromatic N) is 2. The molecule has 3 rings (SSSR count). The molecule has 0 spiro atoms. The van der Waals surface area contributed by atoms with Gasteiger partial charge in [0.15, 0.2) is 6.10 Å². The Bertz CT molecular complexity index is 714. The minimum absolute atomic E-state index is 0.371. The van der Waals surface area contributed by atoms with Crippen LogP contribution in [0.5, 0.6) is 0 Å². The summed E-state index contributed by atoms with van der Waals surface area (Å²) in [6.45, 7) is 9.41. The first-order chi connectivity index (χ1) is 15.5. The van der Waals surface area contributed by atoms with E-state index in [0.717, 1.165) is 39.2 Å². The van der Waals surface area contributed by atoms with Crippen LogP contribution in [0.1, 0.15) is 58.9 Å². The van der Waals surface area contributed by atoms with E-state index < -0.39 is 24.3 Å². The van der Waals surface area contributed by atoms with Crippen molar-refractivity contribution in [1.29, 1.82) is 0 Å². The second-order valence-electron chi connectivity index (χ2n) is 8.39. The molecule has 1 saturated heterocycles. The van der Waals surface area contributed by atoms with Gasteiger partial charge < -0.3 is 14.7 Å². The Labute approximate surface area is 194 Å². The van der Waals surface area contributed by atoms with Gasteiger partial charge in [0.2, 0.25) is 0 Å². The molecule has 6 nitrogen and oxygen atoms in total. The summed E-state index contributed by atoms with van der Waals surface area (Å²) in [6.07, 6.45) is -3.60. The molecular weight excluding hydrogens is 437 g/mol. The molecule has 1 heterocycles. The number of hydrogen-bond donors (Lipinski definition) is 1. The van der Waals surface area contributed by atoms with Crippen molar-refractivity contribution in [3.63, 3.8) is 0 Å². The molecule has 1 unspecified atom stereocenters. The summed E-state index contributed by atoms with van der Waals surface area (Å²) < 4.78 is 41.6. The average Bonchev–Trinajstić information content (AvgIpc) is 3.24. The molecule has 0 bridgehead atoms. The minimum Gasteiger partial charge on any atom is -0.481 e. The number of carboxylic acids is 1. The fourth-order valence-corrected chi connectivity index (χ4v) is 3.59. The number of halogens is 3. The molecule has 9 heteroatoms. The van der Waals surface area contributed by atoms with E-state index in [2.05, 4.69) is 9.64 Å². The first-order valence-electron chi connectivity index (χ1n) is 11.5. The van der Waals surface area contributed by atoms with E-state index in [0.29, 0.717) is 26.2 Å². The van der Waals surface area contributed by atoms with Gasteiger partial charge in [-0.3, -0.25) is 9.69 Å². The van der Waals surface area contributed by atoms with E-state index in [1.807, 2.05) is 51.1 Å². The van der Waals surface area contributed by atoms with Gasteiger partial charge in [-0.05, 0) is 32.3 Å². The normalized spacial score (nSPS) is 18.8. The van der Waals surface area contributed by atoms with E-state index in [1.165, 1.54) is 10.5 Å². The summed E-state index contributed by atoms with van der Waals surface area (Å²) in [7, 11) is 0. The SMILES string of the molecule is CC.CC(OC(=O)N1CCN(Cc2ccccc2)CC1)C(F)(F)F.CC1(C(=O)O)CCCC1. The van der Waals surface area contributed by atoms with Gasteiger partial charge in [0.25, 0.3) is 0 Å². The maximum Gasteiger partial charge on any atom is 0.425 e. The van der Waals surface area contributed by atoms with E-state index in [9.17, 15) is 22.8 Å². The van der Waals surface area contributed by atoms with Gasteiger partial charge in [-0.15, -0.1) is 0 Å². The highest BCUT2D eigenvalue weighted by molar-refractivity contribution is 5.74. The predicted molar refractivity (Wildman–Crippen MR) is 121 cm³/mol. The van der Waals surface area contributed by atoms with Crippen molar-refractivity contribution >= 4 is 12.1 Å². The van der Waals surface area contributed by atoms with Crippen LogP contribution in [-0.2, 0) is 16.1 Å². The third-order valence-electron chi connectivity index (χ3n) is 5.84. The highest BCUT2D eigenvalue weighted by atomic mass is 19.4. The van der Waals surface area contributed by atoms with E-state index in [-0.39, 0.29) is 5.41 Å². The Hall–Kier alpha value is -2.29. The molecule has 1 saturated carbocycles. The Morgan fingerprint density at radius 2 is 1.58 bits per heavy atom. The second kappa shape index (κ2) is 13.4. The lowest BCUT2D eigenvalue weighted by atomic mass is 9.89. The van der Waals surface area contributed by atoms with Crippen molar-refractivity contribution < 1.29 is 32.6 Å². The number of piperazine rings is 1. The summed E-state index contributed by atoms with van der Waals surface area (Å²) in [5.74, 6) is -0.625. The molecule has 1 N–H and O–H groups in total. The van der Waals surface area contributed by atoms with Gasteiger partial charge in [0, 0.05) is 32.7 Å². The zero-order valence-electron chi connectivity index (χ0n) is 20.0. The first kappa shape index (κ1) is 28.7. The Balaban J connectivity index is 0.000000412. The van der Waals surface area contributed by atoms with Crippen molar-refractivity contribution in [2.24, 2.45) is 5.41 Å². The number of carboxylic acid groups (broad SMARTS) is 1. The van der Waals surface area contributed by atoms with Crippen LogP contribution in [0.4, 0.5) is 18.0 Å². The number of rotatable bonds is 4. The van der Waals surface area contributed by atoms with Crippen LogP contribution in [0.25, 0.3) is 0 Å². The minimum atomic E-state index is -4.52. The van der Waals surface area contributed by atoms with Crippen LogP contribution in [0.2, 0.25) is 0 Å². The molecule has 1 atom stereocenters. The molecule has 1 aromatic rings. The summed E-state index contributed by atoms with van der Waals surface area (Å²) >= 11 is 0. The number of carbonyl (C=O) groups excluding carboxylic acids is 1. The number of benzene rings is 1. The molecule has 2 fully saturated rings. The molecule has 2 aliphatic rings. The van der Waals surface area contributed by atoms with Gasteiger partial charge in [-0.2, -0.15) is 13.2 Å². The smallest absolute Gasteiger partial charge is 0.425 e. The maximum atomic E-state index is 12.4. The second-order valence-corrected chi connectivity index (χ2v) is 8.39. The summed E-state index contributed by atoms with van der Waals surface area (Å²) in [4.78, 5) is 25.7. The van der Waals surface area contributed by atoms with Gasteiger partial charge in [-0.1, -0.05) is 57.0 Å². The molecule has 188 valence electrons. The zero-order valence-corrected chi connectivity index (χ0v) is 20.0. The zero-order chi connectivity index (χ0) is 25.1. The number of ether oxygens (including phenoxy) is 1. The topological polar surface area (TPSA) is 70.1 Å². The van der Waals surface area contributed by atoms with Crippen LogP contribution >= 0.6 is 0 Å². The highest BCUT2D eigenvalue weighted by Crippen LogP contribution is 2.37. The van der Waals surface area contributed by atoms with Crippen LogP contribution in [0, 0.1) is 5.41 Å². The summed E-state index contributed by atoms with van der Waals surface area (Å²) in [5.41, 5.74) is 0.782.